The molecule has 0 saturated heterocycles. The largest absolute Gasteiger partial charge is 0.390 e. The highest BCUT2D eigenvalue weighted by Gasteiger charge is 1.99. The molecule has 17 heteroatoms. The topological polar surface area (TPSA) is 3.24 Å². The molecule has 0 atom stereocenters. The van der Waals surface area contributed by atoms with E-state index in [-0.39, 0.29) is 6.14 Å². The van der Waals surface area contributed by atoms with Gasteiger partial charge < -0.3 is 3.90 Å². The molecule has 1 nitrogen and oxygen atoms in total. The first kappa shape index (κ1) is 29.4. The van der Waals surface area contributed by atoms with Gasteiger partial charge in [0.15, 0.2) is 0 Å². The first-order valence-corrected chi connectivity index (χ1v) is 52.4. The highest BCUT2D eigenvalue weighted by Crippen LogP contribution is 1.62. The third-order valence-corrected chi connectivity index (χ3v) is 79.6. The van der Waals surface area contributed by atoms with Crippen molar-refractivity contribution in [3.8, 4) is 0 Å². The third-order valence-electron chi connectivity index (χ3n) is 1.32. The molecule has 0 bridgehead atoms. The summed E-state index contributed by atoms with van der Waals surface area (Å²) in [4.78, 5) is 0. The second kappa shape index (κ2) is 22.7. The average molecular weight is 519 g/mol. The molecule has 0 fully saturated rings. The molecule has 0 spiro atoms. The third kappa shape index (κ3) is 160. The molecule has 18 heavy (non-hydrogen) atoms. The smallest absolute Gasteiger partial charge is 0.0625 e. The summed E-state index contributed by atoms with van der Waals surface area (Å²) in [6, 6.07) is 0. The van der Waals surface area contributed by atoms with E-state index >= 15 is 0 Å². The second-order valence-corrected chi connectivity index (χ2v) is 151. The van der Waals surface area contributed by atoms with Crippen LogP contribution < -0.4 is 0 Å². The van der Waals surface area contributed by atoms with Crippen LogP contribution in [0, 0.1) is 0 Å². The predicted octanol–water partition coefficient (Wildman–Crippen LogP) is -16.9. The highest BCUT2D eigenvalue weighted by molar-refractivity contribution is 7.76. The van der Waals surface area contributed by atoms with Crippen LogP contribution in [0.2, 0.25) is 5.67 Å². The van der Waals surface area contributed by atoms with Gasteiger partial charge in [0.2, 0.25) is 0 Å². The van der Waals surface area contributed by atoms with Crippen LogP contribution in [0.15, 0.2) is 0 Å². The molecule has 0 rings (SSSR count). The van der Waals surface area contributed by atoms with Crippen molar-refractivity contribution in [1.82, 2.24) is 3.90 Å². The minimum atomic E-state index is -0.0556. The minimum absolute atomic E-state index is 0.0556. The van der Waals surface area contributed by atoms with Gasteiger partial charge in [0.05, 0.1) is 31.2 Å². The predicted molar refractivity (Wildman–Crippen MR) is 156 cm³/mol. The van der Waals surface area contributed by atoms with E-state index in [1.54, 1.807) is 83.7 Å². The molecule has 0 aliphatic heterocycles. The van der Waals surface area contributed by atoms with Crippen LogP contribution in [0.5, 0.6) is 0 Å². The molecular formula is CH43NSi16. The lowest BCUT2D eigenvalue weighted by Crippen LogP contribution is -2.38. The Labute approximate surface area is 158 Å². The molecule has 0 heterocycles. The fourth-order valence-electron chi connectivity index (χ4n) is 0. The Kier molecular flexibility index (Phi) is 37.1. The van der Waals surface area contributed by atoms with Gasteiger partial charge in [-0.2, -0.15) is 0 Å². The minimum Gasteiger partial charge on any atom is -0.390 e. The average Bonchev–Trinajstić information content (AvgIpc) is 2.14. The van der Waals surface area contributed by atoms with Gasteiger partial charge in [-0.05, 0) is 110 Å². The first-order valence-electron chi connectivity index (χ1n) is 7.53. The molecule has 0 amide bonds. The van der Waals surface area contributed by atoms with Crippen LogP contribution in [-0.4, -0.2) is 155 Å². The molecule has 0 saturated carbocycles. The van der Waals surface area contributed by atoms with Gasteiger partial charge in [-0.25, -0.2) is 0 Å². The maximum atomic E-state index is 2.42. The zero-order chi connectivity index (χ0) is 15.8. The molecule has 0 aliphatic rings. The first-order chi connectivity index (χ1) is 7.92. The monoisotopic (exact) mass is 517 g/mol. The molecule has 0 unspecified atom stereocenters. The number of nitrogens with zero attached hydrogens (tertiary/aromatic N) is 1. The van der Waals surface area contributed by atoms with E-state index in [2.05, 4.69) is 3.90 Å². The van der Waals surface area contributed by atoms with Crippen LogP contribution in [0.1, 0.15) is 0 Å². The second-order valence-electron chi connectivity index (χ2n) is 7.14. The van der Waals surface area contributed by atoms with Crippen LogP contribution in [0.3, 0.4) is 0 Å². The van der Waals surface area contributed by atoms with Crippen molar-refractivity contribution in [2.24, 2.45) is 0 Å². The van der Waals surface area contributed by atoms with Crippen molar-refractivity contribution in [2.75, 3.05) is 0 Å². The van der Waals surface area contributed by atoms with Crippen LogP contribution in [0.25, 0.3) is 0 Å². The van der Waals surface area contributed by atoms with E-state index < -0.39 is 0 Å². The molecule has 0 aromatic rings. The summed E-state index contributed by atoms with van der Waals surface area (Å²) >= 11 is 0. The lowest BCUT2D eigenvalue weighted by Gasteiger charge is -2.01. The van der Waals surface area contributed by atoms with Crippen LogP contribution in [0.4, 0.5) is 0 Å². The highest BCUT2D eigenvalue weighted by atomic mass is 30.1. The fourth-order valence-corrected chi connectivity index (χ4v) is 0. The van der Waals surface area contributed by atoms with E-state index in [1.807, 2.05) is 0 Å². The Balaban J connectivity index is -0.0000000731. The lowest BCUT2D eigenvalue weighted by atomic mass is 11.9. The molecule has 0 aromatic carbocycles. The molecular weight excluding hydrogens is 475 g/mol. The van der Waals surface area contributed by atoms with Gasteiger partial charge in [-0.3, -0.25) is 0 Å². The molecule has 0 N–H and O–H groups in total. The van der Waals surface area contributed by atoms with E-state index in [4.69, 9.17) is 0 Å². The van der Waals surface area contributed by atoms with E-state index in [0.717, 1.165) is 8.55 Å². The quantitative estimate of drug-likeness (QED) is 0.329. The van der Waals surface area contributed by atoms with Gasteiger partial charge in [0.1, 0.15) is 0 Å². The van der Waals surface area contributed by atoms with E-state index in [9.17, 15) is 0 Å². The number of hydrogen-bond donors (Lipinski definition) is 0. The van der Waals surface area contributed by atoms with Gasteiger partial charge in [-0.1, -0.05) is 5.67 Å². The molecule has 0 radical (unpaired) electrons. The lowest BCUT2D eigenvalue weighted by molar-refractivity contribution is 1.18. The summed E-state index contributed by atoms with van der Waals surface area (Å²) in [5, 5.41) is 0. The van der Waals surface area contributed by atoms with Gasteiger partial charge in [0, 0.05) is 9.04 Å². The molecule has 0 aromatic heterocycles. The summed E-state index contributed by atoms with van der Waals surface area (Å²) in [6.07, 6.45) is -0.0556. The Hall–Kier alpha value is 3.43. The Morgan fingerprint density at radius 1 is 0.944 bits per heavy atom. The van der Waals surface area contributed by atoms with Gasteiger partial charge in [0.25, 0.3) is 0 Å². The maximum Gasteiger partial charge on any atom is 0.0625 e. The SMILES string of the molecule is [SiH3]C[SiH2][SiH3].[SiH3]N([SiH3])[SiH3].[SiH3][SiH2][SiH]([SiH3])[SiH3].[SiH3][Si]([SiH3])([SiH3])[SiH3]. The summed E-state index contributed by atoms with van der Waals surface area (Å²) in [6.45, 7) is 0. The normalized spacial score (nSPS) is 17.2. The van der Waals surface area contributed by atoms with Crippen LogP contribution in [-0.2, 0) is 0 Å². The Bertz CT molecular complexity index is 104. The Morgan fingerprint density at radius 2 is 1.06 bits per heavy atom. The van der Waals surface area contributed by atoms with Crippen molar-refractivity contribution >= 4 is 151 Å². The number of rotatable bonds is 2. The Morgan fingerprint density at radius 3 is 1.06 bits per heavy atom. The zero-order valence-electron chi connectivity index (χ0n) is 15.6. The van der Waals surface area contributed by atoms with Crippen molar-refractivity contribution in [2.45, 2.75) is 5.67 Å². The summed E-state index contributed by atoms with van der Waals surface area (Å²) in [7, 11) is 20.2. The standard InChI is InChI=1S/CH10Si3.H9NSi3.2H12Si5/c2-1-4-3;2-1(3)4;1-5(2,3)4;1-4-5(2)3/h1,4H2,2-3H3;2-4H3;1-4H3;5H,4H2,1-3H3. The van der Waals surface area contributed by atoms with Crippen molar-refractivity contribution in [3.63, 3.8) is 0 Å². The van der Waals surface area contributed by atoms with Crippen LogP contribution >= 0.6 is 0 Å². The molecule has 116 valence electrons. The maximum absolute atomic E-state index is 2.42. The van der Waals surface area contributed by atoms with Crippen molar-refractivity contribution in [3.05, 3.63) is 0 Å². The zero-order valence-corrected chi connectivity index (χ0v) is 44.6. The van der Waals surface area contributed by atoms with Gasteiger partial charge >= 0.3 is 0 Å². The van der Waals surface area contributed by atoms with E-state index in [0.29, 0.717) is 16.4 Å². The number of hydrogen-bond acceptors (Lipinski definition) is 1. The summed E-state index contributed by atoms with van der Waals surface area (Å²) < 4.78 is 2.42. The van der Waals surface area contributed by atoms with Crippen molar-refractivity contribution < 1.29 is 0 Å². The van der Waals surface area contributed by atoms with Gasteiger partial charge in [-0.15, -0.1) is 0 Å². The van der Waals surface area contributed by atoms with Crippen molar-refractivity contribution in [1.29, 1.82) is 0 Å². The summed E-state index contributed by atoms with van der Waals surface area (Å²) in [5.41, 5.74) is 1.66. The summed E-state index contributed by atoms with van der Waals surface area (Å²) in [5.74, 6) is 0. The van der Waals surface area contributed by atoms with E-state index in [1.165, 1.54) is 41.5 Å². The molecule has 0 aliphatic carbocycles. The fraction of sp³-hybridized carbons (Fsp3) is 1.00.